The Balaban J connectivity index is 0.00000361. The number of morpholine rings is 1. The van der Waals surface area contributed by atoms with Gasteiger partial charge in [0, 0.05) is 29.8 Å². The van der Waals surface area contributed by atoms with E-state index in [1.807, 2.05) is 13.8 Å². The molecule has 1 aliphatic heterocycles. The molecule has 11 heteroatoms. The smallest absolute Gasteiger partial charge is 0.272 e. The van der Waals surface area contributed by atoms with E-state index in [0.29, 0.717) is 18.9 Å². The summed E-state index contributed by atoms with van der Waals surface area (Å²) in [5, 5.41) is 3.31. The standard InChI is InChI=1S/C25H29F2N5O3.ClH/c1-4-16(21-12-35-8-7-28-21)23-29-18(22(32-23)13(2)3)11-20-25(34)30-19(24(33)31-20)10-14-9-15(26)5-6-17(14)27;/h5-6,9-11,13,16,21,28H,4,7-8,12H2,1-3H3,(H,29,32)(H,30,34)(H,31,33);1H/b19-10-,20-11-;. The lowest BCUT2D eigenvalue weighted by atomic mass is 9.96. The Morgan fingerprint density at radius 2 is 1.81 bits per heavy atom. The molecular formula is C25H30ClF2N5O3. The summed E-state index contributed by atoms with van der Waals surface area (Å²) in [5.41, 5.74) is 0.0256. The van der Waals surface area contributed by atoms with Crippen molar-refractivity contribution in [1.29, 1.82) is 0 Å². The van der Waals surface area contributed by atoms with Gasteiger partial charge in [-0.05, 0) is 42.7 Å². The molecule has 1 aromatic carbocycles. The molecule has 0 bridgehead atoms. The number of halogens is 3. The average molecular weight is 522 g/mol. The molecule has 0 aliphatic carbocycles. The largest absolute Gasteiger partial charge is 0.378 e. The Morgan fingerprint density at radius 1 is 1.11 bits per heavy atom. The zero-order valence-corrected chi connectivity index (χ0v) is 21.1. The van der Waals surface area contributed by atoms with Crippen molar-refractivity contribution >= 4 is 24.6 Å². The summed E-state index contributed by atoms with van der Waals surface area (Å²) in [6.07, 6.45) is 3.46. The van der Waals surface area contributed by atoms with E-state index >= 15 is 0 Å². The Hall–Kier alpha value is -3.08. The maximum Gasteiger partial charge on any atom is 0.272 e. The highest BCUT2D eigenvalue weighted by Gasteiger charge is 2.27. The second-order valence-corrected chi connectivity index (χ2v) is 8.92. The van der Waals surface area contributed by atoms with Gasteiger partial charge in [0.1, 0.15) is 28.2 Å². The first-order valence-electron chi connectivity index (χ1n) is 11.7. The molecule has 1 fully saturated rings. The molecule has 0 spiro atoms. The van der Waals surface area contributed by atoms with Gasteiger partial charge in [0.15, 0.2) is 0 Å². The first-order valence-corrected chi connectivity index (χ1v) is 11.7. The third-order valence-corrected chi connectivity index (χ3v) is 6.11. The van der Waals surface area contributed by atoms with Crippen LogP contribution in [0.2, 0.25) is 0 Å². The third kappa shape index (κ3) is 6.00. The Labute approximate surface area is 212 Å². The first kappa shape index (κ1) is 27.5. The number of hydrogen-bond donors (Lipinski definition) is 4. The number of benzene rings is 1. The third-order valence-electron chi connectivity index (χ3n) is 6.11. The van der Waals surface area contributed by atoms with E-state index in [0.717, 1.165) is 48.8 Å². The van der Waals surface area contributed by atoms with Crippen LogP contribution < -0.4 is 27.1 Å². The molecule has 4 N–H and O–H groups in total. The number of H-pyrrole nitrogens is 3. The summed E-state index contributed by atoms with van der Waals surface area (Å²) < 4.78 is 33.1. The van der Waals surface area contributed by atoms with Crippen LogP contribution in [-0.4, -0.2) is 45.7 Å². The van der Waals surface area contributed by atoms with Gasteiger partial charge in [-0.25, -0.2) is 13.8 Å². The number of ether oxygens (including phenoxy) is 1. The maximum atomic E-state index is 14.0. The molecule has 0 saturated carbocycles. The molecular weight excluding hydrogens is 492 g/mol. The fraction of sp³-hybridized carbons (Fsp3) is 0.400. The van der Waals surface area contributed by atoms with Gasteiger partial charge in [0.25, 0.3) is 11.1 Å². The van der Waals surface area contributed by atoms with Crippen molar-refractivity contribution in [2.24, 2.45) is 0 Å². The summed E-state index contributed by atoms with van der Waals surface area (Å²) in [4.78, 5) is 38.6. The van der Waals surface area contributed by atoms with Crippen molar-refractivity contribution in [2.45, 2.75) is 45.1 Å². The van der Waals surface area contributed by atoms with Crippen LogP contribution in [0.5, 0.6) is 0 Å². The highest BCUT2D eigenvalue weighted by molar-refractivity contribution is 5.85. The molecule has 1 aliphatic rings. The molecule has 0 amide bonds. The van der Waals surface area contributed by atoms with Gasteiger partial charge < -0.3 is 25.0 Å². The quantitative estimate of drug-likeness (QED) is 0.394. The lowest BCUT2D eigenvalue weighted by Gasteiger charge is -2.29. The topological polar surface area (TPSA) is 116 Å². The number of hydrogen-bond acceptors (Lipinski definition) is 5. The molecule has 194 valence electrons. The molecule has 3 heterocycles. The van der Waals surface area contributed by atoms with Crippen molar-refractivity contribution in [3.8, 4) is 0 Å². The van der Waals surface area contributed by atoms with Crippen molar-refractivity contribution in [3.05, 3.63) is 84.0 Å². The predicted molar refractivity (Wildman–Crippen MR) is 136 cm³/mol. The van der Waals surface area contributed by atoms with Crippen LogP contribution in [0.1, 0.15) is 61.8 Å². The average Bonchev–Trinajstić information content (AvgIpc) is 3.24. The minimum absolute atomic E-state index is 0. The summed E-state index contributed by atoms with van der Waals surface area (Å²) in [5.74, 6) is -0.403. The van der Waals surface area contributed by atoms with Crippen molar-refractivity contribution < 1.29 is 13.5 Å². The lowest BCUT2D eigenvalue weighted by molar-refractivity contribution is 0.0664. The van der Waals surface area contributed by atoms with Crippen molar-refractivity contribution in [2.75, 3.05) is 19.8 Å². The van der Waals surface area contributed by atoms with Gasteiger partial charge >= 0.3 is 0 Å². The number of aromatic amines is 3. The van der Waals surface area contributed by atoms with Crippen LogP contribution in [-0.2, 0) is 4.74 Å². The summed E-state index contributed by atoms with van der Waals surface area (Å²) in [6, 6.07) is 3.00. The first-order chi connectivity index (χ1) is 16.8. The van der Waals surface area contributed by atoms with Gasteiger partial charge in [0.05, 0.1) is 18.9 Å². The van der Waals surface area contributed by atoms with Crippen LogP contribution >= 0.6 is 12.4 Å². The van der Waals surface area contributed by atoms with Gasteiger partial charge in [-0.2, -0.15) is 0 Å². The van der Waals surface area contributed by atoms with Crippen LogP contribution in [0.4, 0.5) is 8.78 Å². The Morgan fingerprint density at radius 3 is 2.42 bits per heavy atom. The van der Waals surface area contributed by atoms with E-state index in [4.69, 9.17) is 9.72 Å². The van der Waals surface area contributed by atoms with E-state index in [9.17, 15) is 18.4 Å². The number of rotatable bonds is 6. The molecule has 36 heavy (non-hydrogen) atoms. The van der Waals surface area contributed by atoms with Gasteiger partial charge in [0.2, 0.25) is 0 Å². The zero-order chi connectivity index (χ0) is 25.1. The monoisotopic (exact) mass is 521 g/mol. The van der Waals surface area contributed by atoms with E-state index in [1.54, 1.807) is 0 Å². The second-order valence-electron chi connectivity index (χ2n) is 8.92. The molecule has 1 saturated heterocycles. The summed E-state index contributed by atoms with van der Waals surface area (Å²) in [6.45, 7) is 8.15. The Kier molecular flexibility index (Phi) is 8.99. The van der Waals surface area contributed by atoms with Gasteiger partial charge in [-0.15, -0.1) is 12.4 Å². The molecule has 2 unspecified atom stereocenters. The van der Waals surface area contributed by atoms with Crippen molar-refractivity contribution in [3.63, 3.8) is 0 Å². The summed E-state index contributed by atoms with van der Waals surface area (Å²) in [7, 11) is 0. The van der Waals surface area contributed by atoms with E-state index in [1.165, 1.54) is 6.08 Å². The number of aromatic nitrogens is 4. The fourth-order valence-corrected chi connectivity index (χ4v) is 4.27. The molecule has 0 radical (unpaired) electrons. The molecule has 2 aromatic heterocycles. The fourth-order valence-electron chi connectivity index (χ4n) is 4.27. The number of nitrogens with one attached hydrogen (secondary N) is 4. The molecule has 3 aromatic rings. The molecule has 4 rings (SSSR count). The zero-order valence-electron chi connectivity index (χ0n) is 20.3. The van der Waals surface area contributed by atoms with Crippen molar-refractivity contribution in [1.82, 2.24) is 25.3 Å². The van der Waals surface area contributed by atoms with Crippen LogP contribution in [0, 0.1) is 11.6 Å². The van der Waals surface area contributed by atoms with Crippen LogP contribution in [0.25, 0.3) is 12.2 Å². The maximum absolute atomic E-state index is 14.0. The minimum Gasteiger partial charge on any atom is -0.378 e. The number of nitrogens with zero attached hydrogens (tertiary/aromatic N) is 1. The second kappa shape index (κ2) is 11.8. The molecule has 8 nitrogen and oxygen atoms in total. The Bertz CT molecular complexity index is 1440. The van der Waals surface area contributed by atoms with E-state index < -0.39 is 22.8 Å². The highest BCUT2D eigenvalue weighted by Crippen LogP contribution is 2.26. The van der Waals surface area contributed by atoms with Crippen LogP contribution in [0.15, 0.2) is 27.8 Å². The SMILES string of the molecule is CCC(c1nc(/C=c2\[nH]c(=O)/c(=C/c3cc(F)ccc3F)[nH]c2=O)c(C(C)C)[nH]1)C1COCCN1.Cl. The predicted octanol–water partition coefficient (Wildman–Crippen LogP) is 1.75. The van der Waals surface area contributed by atoms with E-state index in [2.05, 4.69) is 27.2 Å². The van der Waals surface area contributed by atoms with E-state index in [-0.39, 0.29) is 46.5 Å². The lowest BCUT2D eigenvalue weighted by Crippen LogP contribution is -2.46. The van der Waals surface area contributed by atoms with Crippen LogP contribution in [0.3, 0.4) is 0 Å². The molecule has 2 atom stereocenters. The minimum atomic E-state index is -0.712. The highest BCUT2D eigenvalue weighted by atomic mass is 35.5. The van der Waals surface area contributed by atoms with Gasteiger partial charge in [-0.3, -0.25) is 9.59 Å². The number of imidazole rings is 1. The summed E-state index contributed by atoms with van der Waals surface area (Å²) >= 11 is 0. The van der Waals surface area contributed by atoms with Gasteiger partial charge in [-0.1, -0.05) is 20.8 Å². The normalized spacial score (nSPS) is 17.9.